The summed E-state index contributed by atoms with van der Waals surface area (Å²) in [6.45, 7) is 0. The third-order valence-corrected chi connectivity index (χ3v) is 5.13. The molecular formula is C16H18ClNO4. The molecule has 1 N–H and O–H groups in total. The van der Waals surface area contributed by atoms with Crippen molar-refractivity contribution in [1.29, 1.82) is 0 Å². The molecule has 2 saturated heterocycles. The predicted molar refractivity (Wildman–Crippen MR) is 81.0 cm³/mol. The van der Waals surface area contributed by atoms with Gasteiger partial charge in [-0.1, -0.05) is 11.6 Å². The third kappa shape index (κ3) is 2.59. The summed E-state index contributed by atoms with van der Waals surface area (Å²) in [7, 11) is 2.01. The number of halogens is 1. The lowest BCUT2D eigenvalue weighted by molar-refractivity contribution is -0.167. The summed E-state index contributed by atoms with van der Waals surface area (Å²) in [5.41, 5.74) is -1.11. The van der Waals surface area contributed by atoms with E-state index in [1.54, 1.807) is 24.3 Å². The fraction of sp³-hybridized carbons (Fsp3) is 0.500. The highest BCUT2D eigenvalue weighted by Crippen LogP contribution is 2.42. The van der Waals surface area contributed by atoms with Crippen LogP contribution < -0.4 is 0 Å². The number of nitrogens with zero attached hydrogens (tertiary/aromatic N) is 1. The molecule has 2 aliphatic heterocycles. The Balaban J connectivity index is 1.82. The van der Waals surface area contributed by atoms with Crippen LogP contribution in [0.3, 0.4) is 0 Å². The SMILES string of the molecule is CN1[C@H]2CC[C@H]1CC(OC(=O)c1ccc(Cl)cc1)(C(=O)O)C2. The molecule has 1 aromatic carbocycles. The molecule has 118 valence electrons. The van der Waals surface area contributed by atoms with E-state index in [2.05, 4.69) is 4.90 Å². The van der Waals surface area contributed by atoms with Gasteiger partial charge in [0.15, 0.2) is 0 Å². The van der Waals surface area contributed by atoms with Gasteiger partial charge in [0.1, 0.15) is 0 Å². The van der Waals surface area contributed by atoms with Gasteiger partial charge in [-0.2, -0.15) is 0 Å². The van der Waals surface area contributed by atoms with Gasteiger partial charge >= 0.3 is 11.9 Å². The molecular weight excluding hydrogens is 306 g/mol. The van der Waals surface area contributed by atoms with Crippen molar-refractivity contribution in [2.24, 2.45) is 0 Å². The van der Waals surface area contributed by atoms with E-state index < -0.39 is 17.5 Å². The number of carbonyl (C=O) groups excluding carboxylic acids is 1. The average molecular weight is 324 g/mol. The Hall–Kier alpha value is -1.59. The normalized spacial score (nSPS) is 31.0. The molecule has 2 fully saturated rings. The first kappa shape index (κ1) is 15.3. The van der Waals surface area contributed by atoms with Crippen LogP contribution in [0.25, 0.3) is 0 Å². The Morgan fingerprint density at radius 1 is 1.23 bits per heavy atom. The van der Waals surface area contributed by atoms with E-state index in [4.69, 9.17) is 16.3 Å². The van der Waals surface area contributed by atoms with Crippen LogP contribution in [0.2, 0.25) is 5.02 Å². The van der Waals surface area contributed by atoms with Crippen LogP contribution in [0.5, 0.6) is 0 Å². The summed E-state index contributed by atoms with van der Waals surface area (Å²) in [5, 5.41) is 10.2. The number of ether oxygens (including phenoxy) is 1. The number of hydrogen-bond acceptors (Lipinski definition) is 4. The van der Waals surface area contributed by atoms with E-state index in [1.807, 2.05) is 7.05 Å². The van der Waals surface area contributed by atoms with Crippen molar-refractivity contribution in [2.75, 3.05) is 7.05 Å². The lowest BCUT2D eigenvalue weighted by Gasteiger charge is -2.41. The number of fused-ring (bicyclic) bond motifs is 2. The fourth-order valence-electron chi connectivity index (χ4n) is 3.55. The minimum Gasteiger partial charge on any atom is -0.478 e. The fourth-order valence-corrected chi connectivity index (χ4v) is 3.68. The molecule has 5 nitrogen and oxygen atoms in total. The molecule has 0 amide bonds. The summed E-state index contributed by atoms with van der Waals surface area (Å²) in [6, 6.07) is 6.59. The van der Waals surface area contributed by atoms with Crippen molar-refractivity contribution in [3.05, 3.63) is 34.9 Å². The molecule has 0 aliphatic carbocycles. The number of aliphatic carboxylic acids is 1. The Kier molecular flexibility index (Phi) is 3.87. The van der Waals surface area contributed by atoms with E-state index in [-0.39, 0.29) is 12.1 Å². The highest BCUT2D eigenvalue weighted by Gasteiger charge is 2.54. The smallest absolute Gasteiger partial charge is 0.348 e. The highest BCUT2D eigenvalue weighted by molar-refractivity contribution is 6.30. The number of rotatable bonds is 3. The lowest BCUT2D eigenvalue weighted by Crippen LogP contribution is -2.55. The topological polar surface area (TPSA) is 66.8 Å². The summed E-state index contributed by atoms with van der Waals surface area (Å²) >= 11 is 5.80. The maximum Gasteiger partial charge on any atom is 0.348 e. The first-order valence-corrected chi connectivity index (χ1v) is 7.73. The zero-order valence-corrected chi connectivity index (χ0v) is 13.0. The Morgan fingerprint density at radius 3 is 2.27 bits per heavy atom. The minimum atomic E-state index is -1.42. The van der Waals surface area contributed by atoms with E-state index in [1.165, 1.54) is 0 Å². The molecule has 1 aromatic rings. The maximum absolute atomic E-state index is 12.3. The molecule has 2 heterocycles. The van der Waals surface area contributed by atoms with Crippen molar-refractivity contribution < 1.29 is 19.4 Å². The first-order valence-electron chi connectivity index (χ1n) is 7.35. The molecule has 3 rings (SSSR count). The molecule has 2 bridgehead atoms. The number of carboxylic acid groups (broad SMARTS) is 1. The van der Waals surface area contributed by atoms with Gasteiger partial charge in [-0.25, -0.2) is 9.59 Å². The molecule has 0 radical (unpaired) electrons. The van der Waals surface area contributed by atoms with Gasteiger partial charge in [0, 0.05) is 29.9 Å². The van der Waals surface area contributed by atoms with Crippen LogP contribution in [0.4, 0.5) is 0 Å². The van der Waals surface area contributed by atoms with Gasteiger partial charge in [0.2, 0.25) is 5.60 Å². The van der Waals surface area contributed by atoms with Crippen LogP contribution in [-0.4, -0.2) is 46.7 Å². The van der Waals surface area contributed by atoms with Crippen molar-refractivity contribution >= 4 is 23.5 Å². The van der Waals surface area contributed by atoms with Gasteiger partial charge in [-0.05, 0) is 44.2 Å². The van der Waals surface area contributed by atoms with Gasteiger partial charge in [-0.3, -0.25) is 0 Å². The molecule has 6 heteroatoms. The largest absolute Gasteiger partial charge is 0.478 e. The average Bonchev–Trinajstić information content (AvgIpc) is 2.71. The summed E-state index contributed by atoms with van der Waals surface area (Å²) in [5.74, 6) is -1.66. The highest BCUT2D eigenvalue weighted by atomic mass is 35.5. The van der Waals surface area contributed by atoms with Crippen molar-refractivity contribution in [3.8, 4) is 0 Å². The summed E-state index contributed by atoms with van der Waals surface area (Å²) in [4.78, 5) is 26.3. The van der Waals surface area contributed by atoms with Crippen molar-refractivity contribution in [3.63, 3.8) is 0 Å². The molecule has 2 atom stereocenters. The lowest BCUT2D eigenvalue weighted by atomic mass is 9.86. The number of piperidine rings is 1. The van der Waals surface area contributed by atoms with Crippen LogP contribution in [-0.2, 0) is 9.53 Å². The van der Waals surface area contributed by atoms with E-state index in [9.17, 15) is 14.7 Å². The van der Waals surface area contributed by atoms with Crippen molar-refractivity contribution in [1.82, 2.24) is 4.90 Å². The number of esters is 1. The van der Waals surface area contributed by atoms with Gasteiger partial charge in [0.05, 0.1) is 5.56 Å². The maximum atomic E-state index is 12.3. The molecule has 0 aromatic heterocycles. The number of carboxylic acids is 1. The number of carbonyl (C=O) groups is 2. The second-order valence-corrected chi connectivity index (χ2v) is 6.59. The minimum absolute atomic E-state index is 0.160. The molecule has 0 spiro atoms. The zero-order valence-electron chi connectivity index (χ0n) is 12.3. The van der Waals surface area contributed by atoms with Crippen molar-refractivity contribution in [2.45, 2.75) is 43.4 Å². The molecule has 22 heavy (non-hydrogen) atoms. The Labute approximate surface area is 133 Å². The Bertz CT molecular complexity index is 587. The molecule has 0 saturated carbocycles. The number of hydrogen-bond donors (Lipinski definition) is 1. The monoisotopic (exact) mass is 323 g/mol. The van der Waals surface area contributed by atoms with E-state index in [0.29, 0.717) is 23.4 Å². The summed E-state index contributed by atoms with van der Waals surface area (Å²) in [6.07, 6.45) is 2.59. The van der Waals surface area contributed by atoms with Crippen LogP contribution in [0.15, 0.2) is 24.3 Å². The standard InChI is InChI=1S/C16H18ClNO4/c1-18-12-6-7-13(18)9-16(8-12,15(20)21)22-14(19)10-2-4-11(17)5-3-10/h2-5,12-13H,6-9H2,1H3,(H,20,21)/t12-,13-/m0/s1. The van der Waals surface area contributed by atoms with Gasteiger partial charge in [0.25, 0.3) is 0 Å². The zero-order chi connectivity index (χ0) is 15.9. The predicted octanol–water partition coefficient (Wildman–Crippen LogP) is 2.58. The third-order valence-electron chi connectivity index (χ3n) is 4.87. The van der Waals surface area contributed by atoms with Gasteiger partial charge < -0.3 is 14.7 Å². The second-order valence-electron chi connectivity index (χ2n) is 6.15. The Morgan fingerprint density at radius 2 is 1.77 bits per heavy atom. The van der Waals surface area contributed by atoms with E-state index >= 15 is 0 Å². The first-order chi connectivity index (χ1) is 10.4. The van der Waals surface area contributed by atoms with Gasteiger partial charge in [-0.15, -0.1) is 0 Å². The van der Waals surface area contributed by atoms with Crippen LogP contribution in [0, 0.1) is 0 Å². The van der Waals surface area contributed by atoms with Crippen LogP contribution >= 0.6 is 11.6 Å². The summed E-state index contributed by atoms with van der Waals surface area (Å²) < 4.78 is 5.49. The van der Waals surface area contributed by atoms with Crippen LogP contribution in [0.1, 0.15) is 36.0 Å². The quantitative estimate of drug-likeness (QED) is 0.866. The number of benzene rings is 1. The van der Waals surface area contributed by atoms with E-state index in [0.717, 1.165) is 12.8 Å². The molecule has 2 aliphatic rings. The second kappa shape index (κ2) is 5.56. The molecule has 0 unspecified atom stereocenters.